The number of aromatic nitrogens is 1. The fourth-order valence-electron chi connectivity index (χ4n) is 2.50. The van der Waals surface area contributed by atoms with Crippen LogP contribution in [-0.4, -0.2) is 11.2 Å². The molecule has 0 aliphatic rings. The Morgan fingerprint density at radius 2 is 1.50 bits per heavy atom. The maximum atomic E-state index is 5.35. The summed E-state index contributed by atoms with van der Waals surface area (Å²) in [5.74, 6) is 0. The average Bonchev–Trinajstić information content (AvgIpc) is 3.11. The van der Waals surface area contributed by atoms with Crippen molar-refractivity contribution in [1.29, 1.82) is 0 Å². The summed E-state index contributed by atoms with van der Waals surface area (Å²) in [4.78, 5) is 4.13. The van der Waals surface area contributed by atoms with E-state index in [0.717, 1.165) is 28.0 Å². The number of fused-ring (bicyclic) bond motifs is 1. The first-order valence-electron chi connectivity index (χ1n) is 7.68. The summed E-state index contributed by atoms with van der Waals surface area (Å²) in [5.41, 5.74) is 4.55. The lowest BCUT2D eigenvalue weighted by molar-refractivity contribution is 0.602. The van der Waals surface area contributed by atoms with Gasteiger partial charge in [0.05, 0.1) is 17.6 Å². The number of hydrogen-bond acceptors (Lipinski definition) is 4. The van der Waals surface area contributed by atoms with Crippen LogP contribution in [0.3, 0.4) is 0 Å². The largest absolute Gasteiger partial charge is 0.443 e. The van der Waals surface area contributed by atoms with Crippen LogP contribution in [0, 0.1) is 0 Å². The minimum absolute atomic E-state index is 0.755. The lowest BCUT2D eigenvalue weighted by Crippen LogP contribution is -2.09. The summed E-state index contributed by atoms with van der Waals surface area (Å²) in [6.07, 6.45) is 3.27. The van der Waals surface area contributed by atoms with Crippen molar-refractivity contribution in [2.24, 2.45) is 5.10 Å². The lowest BCUT2D eigenvalue weighted by atomic mass is 10.2. The molecule has 1 heterocycles. The van der Waals surface area contributed by atoms with Gasteiger partial charge in [0.1, 0.15) is 5.52 Å². The number of anilines is 2. The van der Waals surface area contributed by atoms with Crippen LogP contribution in [0.2, 0.25) is 0 Å². The van der Waals surface area contributed by atoms with Gasteiger partial charge in [-0.25, -0.2) is 9.99 Å². The molecule has 116 valence electrons. The molecule has 0 radical (unpaired) electrons. The number of para-hydroxylation sites is 2. The van der Waals surface area contributed by atoms with E-state index >= 15 is 0 Å². The second-order valence-electron chi connectivity index (χ2n) is 5.31. The Kier molecular flexibility index (Phi) is 3.78. The number of oxazole rings is 1. The molecule has 0 N–H and O–H groups in total. The summed E-state index contributed by atoms with van der Waals surface area (Å²) in [5, 5.41) is 6.58. The van der Waals surface area contributed by atoms with Crippen molar-refractivity contribution in [3.63, 3.8) is 0 Å². The molecule has 4 rings (SSSR count). The molecule has 4 aromatic rings. The van der Waals surface area contributed by atoms with Crippen molar-refractivity contribution >= 4 is 28.7 Å². The zero-order valence-electron chi connectivity index (χ0n) is 12.9. The molecule has 0 fully saturated rings. The van der Waals surface area contributed by atoms with Gasteiger partial charge >= 0.3 is 0 Å². The van der Waals surface area contributed by atoms with Gasteiger partial charge < -0.3 is 4.42 Å². The zero-order valence-corrected chi connectivity index (χ0v) is 12.9. The molecular weight excluding hydrogens is 298 g/mol. The third-order valence-electron chi connectivity index (χ3n) is 3.68. The minimum atomic E-state index is 0.755. The maximum absolute atomic E-state index is 5.35. The van der Waals surface area contributed by atoms with E-state index in [1.54, 1.807) is 0 Å². The summed E-state index contributed by atoms with van der Waals surface area (Å²) in [7, 11) is 0. The first-order valence-corrected chi connectivity index (χ1v) is 7.68. The van der Waals surface area contributed by atoms with E-state index in [0.29, 0.717) is 0 Å². The van der Waals surface area contributed by atoms with Crippen LogP contribution in [0.5, 0.6) is 0 Å². The number of benzene rings is 3. The van der Waals surface area contributed by atoms with Gasteiger partial charge in [0, 0.05) is 0 Å². The van der Waals surface area contributed by atoms with E-state index in [2.05, 4.69) is 10.1 Å². The molecule has 0 amide bonds. The molecule has 0 spiro atoms. The summed E-state index contributed by atoms with van der Waals surface area (Å²) in [6, 6.07) is 26.0. The monoisotopic (exact) mass is 313 g/mol. The lowest BCUT2D eigenvalue weighted by Gasteiger charge is -2.19. The van der Waals surface area contributed by atoms with Gasteiger partial charge in [0.15, 0.2) is 12.0 Å². The van der Waals surface area contributed by atoms with E-state index in [1.807, 2.05) is 90.1 Å². The van der Waals surface area contributed by atoms with Gasteiger partial charge in [-0.1, -0.05) is 42.5 Å². The van der Waals surface area contributed by atoms with E-state index in [1.165, 1.54) is 6.39 Å². The van der Waals surface area contributed by atoms with Crippen molar-refractivity contribution in [3.8, 4) is 0 Å². The van der Waals surface area contributed by atoms with E-state index < -0.39 is 0 Å². The molecule has 0 unspecified atom stereocenters. The van der Waals surface area contributed by atoms with E-state index in [9.17, 15) is 0 Å². The molecule has 0 atom stereocenters. The Hall–Kier alpha value is -3.40. The standard InChI is InChI=1S/C20H15N3O/c1-3-7-17(8-4-1)23(18-9-5-2-6-10-18)22-14-16-11-12-19-20(13-16)24-15-21-19/h1-15H. The van der Waals surface area contributed by atoms with Gasteiger partial charge in [0.25, 0.3) is 0 Å². The molecule has 0 saturated heterocycles. The Morgan fingerprint density at radius 3 is 2.17 bits per heavy atom. The van der Waals surface area contributed by atoms with Crippen LogP contribution in [0.15, 0.2) is 94.8 Å². The Morgan fingerprint density at radius 1 is 0.833 bits per heavy atom. The summed E-state index contributed by atoms with van der Waals surface area (Å²) in [6.45, 7) is 0. The predicted octanol–water partition coefficient (Wildman–Crippen LogP) is 5.00. The highest BCUT2D eigenvalue weighted by atomic mass is 16.3. The minimum Gasteiger partial charge on any atom is -0.443 e. The van der Waals surface area contributed by atoms with Crippen molar-refractivity contribution in [3.05, 3.63) is 90.8 Å². The summed E-state index contributed by atoms with van der Waals surface area (Å²) < 4.78 is 5.35. The second kappa shape index (κ2) is 6.38. The SMILES string of the molecule is C(=NN(c1ccccc1)c1ccccc1)c1ccc2ncoc2c1. The van der Waals surface area contributed by atoms with Crippen LogP contribution in [-0.2, 0) is 0 Å². The molecule has 0 saturated carbocycles. The Labute approximate surface area is 139 Å². The number of nitrogens with zero attached hydrogens (tertiary/aromatic N) is 3. The molecule has 3 aromatic carbocycles. The van der Waals surface area contributed by atoms with Gasteiger partial charge in [-0.2, -0.15) is 5.10 Å². The normalized spacial score (nSPS) is 11.2. The van der Waals surface area contributed by atoms with E-state index in [-0.39, 0.29) is 0 Å². The maximum Gasteiger partial charge on any atom is 0.181 e. The molecular formula is C20H15N3O. The second-order valence-corrected chi connectivity index (χ2v) is 5.31. The van der Waals surface area contributed by atoms with Crippen LogP contribution >= 0.6 is 0 Å². The summed E-state index contributed by atoms with van der Waals surface area (Å²) >= 11 is 0. The van der Waals surface area contributed by atoms with Crippen LogP contribution in [0.4, 0.5) is 11.4 Å². The highest BCUT2D eigenvalue weighted by Crippen LogP contribution is 2.25. The van der Waals surface area contributed by atoms with Crippen molar-refractivity contribution < 1.29 is 4.42 Å². The number of hydrazone groups is 1. The topological polar surface area (TPSA) is 41.6 Å². The van der Waals surface area contributed by atoms with Gasteiger partial charge in [-0.15, -0.1) is 0 Å². The van der Waals surface area contributed by atoms with Crippen molar-refractivity contribution in [1.82, 2.24) is 4.98 Å². The first kappa shape index (κ1) is 14.2. The molecule has 0 aliphatic carbocycles. The van der Waals surface area contributed by atoms with Gasteiger partial charge in [-0.3, -0.25) is 0 Å². The molecule has 1 aromatic heterocycles. The first-order chi connectivity index (χ1) is 11.9. The highest BCUT2D eigenvalue weighted by molar-refractivity contribution is 5.87. The zero-order chi connectivity index (χ0) is 16.2. The van der Waals surface area contributed by atoms with E-state index in [4.69, 9.17) is 4.42 Å². The quantitative estimate of drug-likeness (QED) is 0.393. The van der Waals surface area contributed by atoms with Crippen molar-refractivity contribution in [2.75, 3.05) is 5.01 Å². The fourth-order valence-corrected chi connectivity index (χ4v) is 2.50. The van der Waals surface area contributed by atoms with Crippen LogP contribution in [0.25, 0.3) is 11.1 Å². The Bertz CT molecular complexity index is 922. The molecule has 0 aliphatic heterocycles. The van der Waals surface area contributed by atoms with Crippen molar-refractivity contribution in [2.45, 2.75) is 0 Å². The smallest absolute Gasteiger partial charge is 0.181 e. The predicted molar refractivity (Wildman–Crippen MR) is 96.6 cm³/mol. The third-order valence-corrected chi connectivity index (χ3v) is 3.68. The molecule has 4 heteroatoms. The third kappa shape index (κ3) is 2.90. The molecule has 24 heavy (non-hydrogen) atoms. The number of hydrogen-bond donors (Lipinski definition) is 0. The molecule has 0 bridgehead atoms. The van der Waals surface area contributed by atoms with Crippen LogP contribution in [0.1, 0.15) is 5.56 Å². The van der Waals surface area contributed by atoms with Gasteiger partial charge in [0.2, 0.25) is 0 Å². The van der Waals surface area contributed by atoms with Crippen LogP contribution < -0.4 is 5.01 Å². The Balaban J connectivity index is 1.71. The number of rotatable bonds is 4. The van der Waals surface area contributed by atoms with Gasteiger partial charge in [-0.05, 0) is 42.0 Å². The molecule has 4 nitrogen and oxygen atoms in total. The highest BCUT2D eigenvalue weighted by Gasteiger charge is 2.06. The average molecular weight is 313 g/mol. The fraction of sp³-hybridized carbons (Fsp3) is 0.